The van der Waals surface area contributed by atoms with Crippen LogP contribution in [0.25, 0.3) is 23.0 Å². The van der Waals surface area contributed by atoms with E-state index in [0.717, 1.165) is 47.4 Å². The van der Waals surface area contributed by atoms with Crippen molar-refractivity contribution >= 4 is 28.3 Å². The second-order valence-electron chi connectivity index (χ2n) is 8.59. The number of para-hydroxylation sites is 1. The van der Waals surface area contributed by atoms with Crippen molar-refractivity contribution < 1.29 is 9.53 Å². The molecule has 2 aromatic carbocycles. The molecule has 0 saturated carbocycles. The van der Waals surface area contributed by atoms with Gasteiger partial charge in [-0.3, -0.25) is 4.79 Å². The Balaban J connectivity index is 1.52. The summed E-state index contributed by atoms with van der Waals surface area (Å²) in [5, 5.41) is 27.7. The van der Waals surface area contributed by atoms with Crippen LogP contribution >= 0.6 is 11.3 Å². The van der Waals surface area contributed by atoms with E-state index < -0.39 is 5.91 Å². The molecule has 0 bridgehead atoms. The third-order valence-corrected chi connectivity index (χ3v) is 7.51. The molecule has 2 heterocycles. The predicted molar refractivity (Wildman–Crippen MR) is 143 cm³/mol. The molecule has 0 atom stereocenters. The number of benzene rings is 2. The van der Waals surface area contributed by atoms with E-state index in [4.69, 9.17) is 9.84 Å². The number of anilines is 1. The number of ether oxygens (including phenoxy) is 1. The third kappa shape index (κ3) is 4.88. The highest BCUT2D eigenvalue weighted by Crippen LogP contribution is 2.38. The second kappa shape index (κ2) is 10.5. The summed E-state index contributed by atoms with van der Waals surface area (Å²) in [6.07, 6.45) is 7.21. The molecule has 2 aromatic heterocycles. The quantitative estimate of drug-likeness (QED) is 0.259. The van der Waals surface area contributed by atoms with Crippen molar-refractivity contribution in [3.05, 3.63) is 87.9 Å². The van der Waals surface area contributed by atoms with Gasteiger partial charge in [0, 0.05) is 22.2 Å². The predicted octanol–water partition coefficient (Wildman–Crippen LogP) is 5.91. The summed E-state index contributed by atoms with van der Waals surface area (Å²) in [7, 11) is 1.60. The molecule has 1 N–H and O–H groups in total. The molecular formula is C29H23N5O2S. The van der Waals surface area contributed by atoms with Crippen molar-refractivity contribution in [2.45, 2.75) is 25.7 Å². The number of hydrogen-bond acceptors (Lipinski definition) is 6. The number of thiophene rings is 1. The summed E-state index contributed by atoms with van der Waals surface area (Å²) in [5.41, 5.74) is 4.38. The summed E-state index contributed by atoms with van der Waals surface area (Å²) < 4.78 is 7.00. The topological polar surface area (TPSA) is 104 Å². The molecule has 1 amide bonds. The Morgan fingerprint density at radius 2 is 1.86 bits per heavy atom. The van der Waals surface area contributed by atoms with Gasteiger partial charge in [0.25, 0.3) is 5.91 Å². The maximum atomic E-state index is 13.2. The van der Waals surface area contributed by atoms with Crippen molar-refractivity contribution in [1.29, 1.82) is 10.5 Å². The van der Waals surface area contributed by atoms with E-state index in [1.54, 1.807) is 24.1 Å². The van der Waals surface area contributed by atoms with E-state index in [9.17, 15) is 15.3 Å². The monoisotopic (exact) mass is 505 g/mol. The van der Waals surface area contributed by atoms with Gasteiger partial charge in [0.15, 0.2) is 0 Å². The minimum absolute atomic E-state index is 0.0716. The van der Waals surface area contributed by atoms with Crippen LogP contribution < -0.4 is 10.1 Å². The number of carbonyl (C=O) groups excluding carboxylic acids is 1. The number of fused-ring (bicyclic) bond motifs is 1. The van der Waals surface area contributed by atoms with Gasteiger partial charge in [0.05, 0.1) is 24.1 Å². The van der Waals surface area contributed by atoms with E-state index in [2.05, 4.69) is 11.4 Å². The molecule has 0 radical (unpaired) electrons. The average molecular weight is 506 g/mol. The number of rotatable bonds is 6. The van der Waals surface area contributed by atoms with Crippen molar-refractivity contribution in [1.82, 2.24) is 9.78 Å². The second-order valence-corrected chi connectivity index (χ2v) is 9.70. The Bertz CT molecular complexity index is 1570. The normalized spacial score (nSPS) is 12.8. The lowest BCUT2D eigenvalue weighted by molar-refractivity contribution is -0.112. The average Bonchev–Trinajstić information content (AvgIpc) is 3.53. The Labute approximate surface area is 218 Å². The Hall–Kier alpha value is -4.66. The number of aromatic nitrogens is 2. The van der Waals surface area contributed by atoms with Gasteiger partial charge in [-0.15, -0.1) is 11.3 Å². The summed E-state index contributed by atoms with van der Waals surface area (Å²) >= 11 is 1.43. The van der Waals surface area contributed by atoms with Crippen LogP contribution in [0.2, 0.25) is 0 Å². The zero-order chi connectivity index (χ0) is 25.8. The third-order valence-electron chi connectivity index (χ3n) is 6.30. The number of nitriles is 2. The van der Waals surface area contributed by atoms with Gasteiger partial charge in [0.2, 0.25) is 0 Å². The maximum absolute atomic E-state index is 13.2. The molecule has 0 fully saturated rings. The van der Waals surface area contributed by atoms with Crippen molar-refractivity contribution in [2.24, 2.45) is 0 Å². The van der Waals surface area contributed by atoms with Crippen LogP contribution in [0, 0.1) is 22.7 Å². The van der Waals surface area contributed by atoms with Gasteiger partial charge >= 0.3 is 0 Å². The zero-order valence-electron chi connectivity index (χ0n) is 20.2. The van der Waals surface area contributed by atoms with Crippen LogP contribution in [0.3, 0.4) is 0 Å². The molecule has 0 saturated heterocycles. The van der Waals surface area contributed by atoms with Gasteiger partial charge in [-0.1, -0.05) is 18.2 Å². The number of methoxy groups -OCH3 is 1. The van der Waals surface area contributed by atoms with Crippen LogP contribution in [-0.2, 0) is 17.6 Å². The summed E-state index contributed by atoms with van der Waals surface area (Å²) in [4.78, 5) is 14.3. The van der Waals surface area contributed by atoms with Crippen molar-refractivity contribution in [3.8, 4) is 34.8 Å². The Morgan fingerprint density at radius 1 is 1.11 bits per heavy atom. The van der Waals surface area contributed by atoms with Gasteiger partial charge in [-0.25, -0.2) is 4.68 Å². The fourth-order valence-electron chi connectivity index (χ4n) is 4.43. The van der Waals surface area contributed by atoms with Gasteiger partial charge in [-0.05, 0) is 73.7 Å². The SMILES string of the molecule is COc1ccc(-c2nn(-c3ccccc3)cc2/C=C(\C#N)C(=O)Nc2sc3c(c2C#N)CCCC3)cc1. The Kier molecular flexibility index (Phi) is 6.85. The van der Waals surface area contributed by atoms with Crippen LogP contribution in [0.4, 0.5) is 5.00 Å². The zero-order valence-corrected chi connectivity index (χ0v) is 21.0. The number of amides is 1. The first kappa shape index (κ1) is 24.1. The fourth-order valence-corrected chi connectivity index (χ4v) is 5.66. The highest BCUT2D eigenvalue weighted by atomic mass is 32.1. The molecule has 4 aromatic rings. The molecule has 8 heteroatoms. The summed E-state index contributed by atoms with van der Waals surface area (Å²) in [6.45, 7) is 0. The standard InChI is InChI=1S/C29H23N5O2S/c1-36-23-13-11-19(12-14-23)27-21(18-34(33-27)22-7-3-2-4-8-22)15-20(16-30)28(35)32-29-25(17-31)24-9-5-6-10-26(24)37-29/h2-4,7-8,11-15,18H,5-6,9-10H2,1H3,(H,32,35)/b20-15+. The van der Waals surface area contributed by atoms with Gasteiger partial charge in [-0.2, -0.15) is 15.6 Å². The minimum atomic E-state index is -0.550. The molecule has 0 aliphatic heterocycles. The van der Waals surface area contributed by atoms with Crippen molar-refractivity contribution in [3.63, 3.8) is 0 Å². The highest BCUT2D eigenvalue weighted by Gasteiger charge is 2.23. The van der Waals surface area contributed by atoms with Crippen LogP contribution in [0.1, 0.15) is 34.4 Å². The fraction of sp³-hybridized carbons (Fsp3) is 0.172. The number of hydrogen-bond donors (Lipinski definition) is 1. The van der Waals surface area contributed by atoms with Crippen LogP contribution in [0.15, 0.2) is 66.4 Å². The van der Waals surface area contributed by atoms with Crippen LogP contribution in [0.5, 0.6) is 5.75 Å². The molecule has 0 spiro atoms. The number of carbonyl (C=O) groups is 1. The smallest absolute Gasteiger partial charge is 0.266 e. The lowest BCUT2D eigenvalue weighted by Crippen LogP contribution is -2.13. The van der Waals surface area contributed by atoms with E-state index >= 15 is 0 Å². The molecule has 5 rings (SSSR count). The molecule has 0 unspecified atom stereocenters. The molecular weight excluding hydrogens is 482 g/mol. The molecule has 1 aliphatic rings. The van der Waals surface area contributed by atoms with Crippen molar-refractivity contribution in [2.75, 3.05) is 12.4 Å². The number of nitrogens with one attached hydrogen (secondary N) is 1. The first-order valence-corrected chi connectivity index (χ1v) is 12.7. The van der Waals surface area contributed by atoms with E-state index in [1.165, 1.54) is 11.3 Å². The summed E-state index contributed by atoms with van der Waals surface area (Å²) in [6, 6.07) is 21.3. The molecule has 37 heavy (non-hydrogen) atoms. The van der Waals surface area contributed by atoms with E-state index in [0.29, 0.717) is 27.6 Å². The maximum Gasteiger partial charge on any atom is 0.266 e. The van der Waals surface area contributed by atoms with Gasteiger partial charge in [0.1, 0.15) is 28.5 Å². The first-order valence-electron chi connectivity index (χ1n) is 11.9. The lowest BCUT2D eigenvalue weighted by atomic mass is 9.96. The van der Waals surface area contributed by atoms with E-state index in [-0.39, 0.29) is 5.57 Å². The molecule has 1 aliphatic carbocycles. The molecule has 7 nitrogen and oxygen atoms in total. The largest absolute Gasteiger partial charge is 0.497 e. The summed E-state index contributed by atoms with van der Waals surface area (Å²) in [5.74, 6) is 0.165. The highest BCUT2D eigenvalue weighted by molar-refractivity contribution is 7.16. The van der Waals surface area contributed by atoms with Crippen LogP contribution in [-0.4, -0.2) is 22.8 Å². The Morgan fingerprint density at radius 3 is 2.57 bits per heavy atom. The van der Waals surface area contributed by atoms with Gasteiger partial charge < -0.3 is 10.1 Å². The first-order chi connectivity index (χ1) is 18.1. The molecule has 182 valence electrons. The minimum Gasteiger partial charge on any atom is -0.497 e. The number of aryl methyl sites for hydroxylation is 1. The lowest BCUT2D eigenvalue weighted by Gasteiger charge is -2.09. The van der Waals surface area contributed by atoms with E-state index in [1.807, 2.05) is 60.7 Å². The number of nitrogens with zero attached hydrogens (tertiary/aromatic N) is 4.